The topological polar surface area (TPSA) is 58.2 Å². The minimum Gasteiger partial charge on any atom is -0.376 e. The molecule has 2 N–H and O–H groups in total. The smallest absolute Gasteiger partial charge is 0.229 e. The molecule has 0 bridgehead atoms. The van der Waals surface area contributed by atoms with E-state index in [1.807, 2.05) is 18.4 Å². The van der Waals surface area contributed by atoms with Crippen LogP contribution in [0.1, 0.15) is 17.8 Å². The average molecular weight is 410 g/mol. The third kappa shape index (κ3) is 4.88. The second-order valence-corrected chi connectivity index (χ2v) is 8.62. The van der Waals surface area contributed by atoms with Gasteiger partial charge in [0.2, 0.25) is 10.0 Å². The van der Waals surface area contributed by atoms with Crippen LogP contribution < -0.4 is 10.0 Å². The van der Waals surface area contributed by atoms with Crippen molar-refractivity contribution < 1.29 is 8.42 Å². The van der Waals surface area contributed by atoms with Gasteiger partial charge in [-0.05, 0) is 47.1 Å². The zero-order chi connectivity index (χ0) is 15.6. The summed E-state index contributed by atoms with van der Waals surface area (Å²) in [5.74, 6) is 0. The molecule has 0 fully saturated rings. The molecule has 8 heteroatoms. The minimum atomic E-state index is -3.31. The lowest BCUT2D eigenvalue weighted by Gasteiger charge is -2.16. The van der Waals surface area contributed by atoms with Crippen LogP contribution in [0.3, 0.4) is 0 Å². The first-order chi connectivity index (χ1) is 9.74. The first-order valence-electron chi connectivity index (χ1n) is 6.02. The van der Waals surface area contributed by atoms with Crippen LogP contribution in [-0.2, 0) is 10.0 Å². The van der Waals surface area contributed by atoms with Crippen molar-refractivity contribution in [3.05, 3.63) is 44.0 Å². The Hall–Kier alpha value is -0.760. The molecular formula is C13H14BrClN2O2S2. The van der Waals surface area contributed by atoms with E-state index in [1.165, 1.54) is 0 Å². The van der Waals surface area contributed by atoms with E-state index in [0.29, 0.717) is 16.4 Å². The molecule has 0 radical (unpaired) electrons. The maximum absolute atomic E-state index is 11.3. The summed E-state index contributed by atoms with van der Waals surface area (Å²) in [6, 6.07) is 7.07. The Morgan fingerprint density at radius 3 is 2.62 bits per heavy atom. The van der Waals surface area contributed by atoms with Crippen LogP contribution in [0.25, 0.3) is 0 Å². The molecule has 0 spiro atoms. The van der Waals surface area contributed by atoms with Gasteiger partial charge in [0.1, 0.15) is 0 Å². The van der Waals surface area contributed by atoms with Crippen LogP contribution in [0.4, 0.5) is 11.4 Å². The lowest BCUT2D eigenvalue weighted by molar-refractivity contribution is 0.607. The highest BCUT2D eigenvalue weighted by molar-refractivity contribution is 9.10. The highest BCUT2D eigenvalue weighted by Crippen LogP contribution is 2.32. The number of benzene rings is 1. The number of rotatable bonds is 5. The van der Waals surface area contributed by atoms with Crippen molar-refractivity contribution in [2.45, 2.75) is 13.0 Å². The number of thiophene rings is 1. The zero-order valence-electron chi connectivity index (χ0n) is 11.4. The van der Waals surface area contributed by atoms with Crippen LogP contribution in [0.15, 0.2) is 34.1 Å². The van der Waals surface area contributed by atoms with Gasteiger partial charge >= 0.3 is 0 Å². The van der Waals surface area contributed by atoms with Gasteiger partial charge < -0.3 is 5.32 Å². The summed E-state index contributed by atoms with van der Waals surface area (Å²) < 4.78 is 26.0. The van der Waals surface area contributed by atoms with Crippen LogP contribution >= 0.6 is 38.9 Å². The fourth-order valence-corrected chi connectivity index (χ4v) is 3.95. The Bertz CT molecular complexity index is 746. The predicted molar refractivity (Wildman–Crippen MR) is 94.0 cm³/mol. The fourth-order valence-electron chi connectivity index (χ4n) is 1.77. The molecule has 1 unspecified atom stereocenters. The van der Waals surface area contributed by atoms with E-state index in [-0.39, 0.29) is 6.04 Å². The molecule has 1 atom stereocenters. The number of anilines is 2. The quantitative estimate of drug-likeness (QED) is 0.752. The number of hydrogen-bond donors (Lipinski definition) is 2. The summed E-state index contributed by atoms with van der Waals surface area (Å²) in [5.41, 5.74) is 1.16. The third-order valence-electron chi connectivity index (χ3n) is 2.66. The first-order valence-corrected chi connectivity index (χ1v) is 9.96. The van der Waals surface area contributed by atoms with E-state index in [9.17, 15) is 8.42 Å². The molecule has 1 aromatic carbocycles. The number of nitrogens with one attached hydrogen (secondary N) is 2. The molecule has 0 aliphatic rings. The molecular weight excluding hydrogens is 396 g/mol. The Morgan fingerprint density at radius 1 is 1.33 bits per heavy atom. The lowest BCUT2D eigenvalue weighted by atomic mass is 10.2. The summed E-state index contributed by atoms with van der Waals surface area (Å²) >= 11 is 11.2. The summed E-state index contributed by atoms with van der Waals surface area (Å²) in [6.07, 6.45) is 1.11. The monoisotopic (exact) mass is 408 g/mol. The molecule has 0 aliphatic heterocycles. The standard InChI is InChI=1S/C13H14BrClN2O2S2/c1-8(13-5-9(14)7-20-13)16-12-6-10(3-4-11(12)15)17-21(2,18)19/h3-8,16-17H,1-2H3. The third-order valence-corrected chi connectivity index (χ3v) is 5.47. The zero-order valence-corrected chi connectivity index (χ0v) is 15.3. The van der Waals surface area contributed by atoms with Gasteiger partial charge in [-0.2, -0.15) is 0 Å². The van der Waals surface area contributed by atoms with Crippen molar-refractivity contribution >= 4 is 60.3 Å². The molecule has 114 valence electrons. The van der Waals surface area contributed by atoms with Gasteiger partial charge in [0.25, 0.3) is 0 Å². The minimum absolute atomic E-state index is 0.0623. The number of sulfonamides is 1. The Kier molecular flexibility index (Phi) is 5.19. The molecule has 21 heavy (non-hydrogen) atoms. The molecule has 2 rings (SSSR count). The van der Waals surface area contributed by atoms with Gasteiger partial charge in [-0.15, -0.1) is 11.3 Å². The summed E-state index contributed by atoms with van der Waals surface area (Å²) in [4.78, 5) is 1.15. The van der Waals surface area contributed by atoms with E-state index >= 15 is 0 Å². The van der Waals surface area contributed by atoms with E-state index in [0.717, 1.165) is 15.6 Å². The first kappa shape index (κ1) is 16.6. The highest BCUT2D eigenvalue weighted by Gasteiger charge is 2.11. The van der Waals surface area contributed by atoms with Crippen molar-refractivity contribution in [1.29, 1.82) is 0 Å². The van der Waals surface area contributed by atoms with Gasteiger partial charge in [-0.1, -0.05) is 11.6 Å². The fraction of sp³-hybridized carbons (Fsp3) is 0.231. The van der Waals surface area contributed by atoms with E-state index in [2.05, 4.69) is 26.0 Å². The second kappa shape index (κ2) is 6.56. The largest absolute Gasteiger partial charge is 0.376 e. The van der Waals surface area contributed by atoms with Crippen molar-refractivity contribution in [1.82, 2.24) is 0 Å². The summed E-state index contributed by atoms with van der Waals surface area (Å²) in [5, 5.41) is 5.84. The molecule has 1 aromatic heterocycles. The van der Waals surface area contributed by atoms with E-state index in [4.69, 9.17) is 11.6 Å². The van der Waals surface area contributed by atoms with Crippen LogP contribution in [0.2, 0.25) is 5.02 Å². The molecule has 0 amide bonds. The van der Waals surface area contributed by atoms with Crippen molar-refractivity contribution in [2.75, 3.05) is 16.3 Å². The van der Waals surface area contributed by atoms with Crippen molar-refractivity contribution in [3.63, 3.8) is 0 Å². The molecule has 0 aliphatic carbocycles. The SMILES string of the molecule is CC(Nc1cc(NS(C)(=O)=O)ccc1Cl)c1cc(Br)cs1. The Labute approximate surface area is 141 Å². The Morgan fingerprint density at radius 2 is 2.05 bits per heavy atom. The molecule has 4 nitrogen and oxygen atoms in total. The normalized spacial score (nSPS) is 13.0. The predicted octanol–water partition coefficient (Wildman–Crippen LogP) is 4.71. The van der Waals surface area contributed by atoms with Gasteiger partial charge in [-0.3, -0.25) is 4.72 Å². The molecule has 0 saturated heterocycles. The van der Waals surface area contributed by atoms with Gasteiger partial charge in [0, 0.05) is 14.7 Å². The maximum atomic E-state index is 11.3. The Balaban J connectivity index is 2.21. The number of halogens is 2. The average Bonchev–Trinajstić information content (AvgIpc) is 2.78. The summed E-state index contributed by atoms with van der Waals surface area (Å²) in [6.45, 7) is 2.02. The maximum Gasteiger partial charge on any atom is 0.229 e. The van der Waals surface area contributed by atoms with Crippen LogP contribution in [-0.4, -0.2) is 14.7 Å². The van der Waals surface area contributed by atoms with Crippen LogP contribution in [0.5, 0.6) is 0 Å². The second-order valence-electron chi connectivity index (χ2n) is 4.60. The lowest BCUT2D eigenvalue weighted by Crippen LogP contribution is -2.10. The van der Waals surface area contributed by atoms with Gasteiger partial charge in [-0.25, -0.2) is 8.42 Å². The summed E-state index contributed by atoms with van der Waals surface area (Å²) in [7, 11) is -3.31. The van der Waals surface area contributed by atoms with E-state index < -0.39 is 10.0 Å². The van der Waals surface area contributed by atoms with Crippen molar-refractivity contribution in [3.8, 4) is 0 Å². The number of hydrogen-bond acceptors (Lipinski definition) is 4. The van der Waals surface area contributed by atoms with E-state index in [1.54, 1.807) is 29.5 Å². The van der Waals surface area contributed by atoms with Crippen LogP contribution in [0, 0.1) is 0 Å². The van der Waals surface area contributed by atoms with Gasteiger partial charge in [0.15, 0.2) is 0 Å². The van der Waals surface area contributed by atoms with Gasteiger partial charge in [0.05, 0.1) is 28.7 Å². The molecule has 0 saturated carbocycles. The molecule has 1 heterocycles. The van der Waals surface area contributed by atoms with Crippen molar-refractivity contribution in [2.24, 2.45) is 0 Å². The molecule has 2 aromatic rings. The highest BCUT2D eigenvalue weighted by atomic mass is 79.9.